The molecule has 0 bridgehead atoms. The summed E-state index contributed by atoms with van der Waals surface area (Å²) in [5.74, 6) is 1.52. The third-order valence-corrected chi connectivity index (χ3v) is 7.39. The highest BCUT2D eigenvalue weighted by molar-refractivity contribution is 8.93. The Labute approximate surface area is 239 Å². The van der Waals surface area contributed by atoms with Crippen molar-refractivity contribution in [1.29, 1.82) is 0 Å². The van der Waals surface area contributed by atoms with Crippen molar-refractivity contribution >= 4 is 40.3 Å². The summed E-state index contributed by atoms with van der Waals surface area (Å²) in [5, 5.41) is 5.14. The second kappa shape index (κ2) is 19.2. The first kappa shape index (κ1) is 31.3. The number of amides is 1. The zero-order chi connectivity index (χ0) is 25.3. The number of rotatable bonds is 18. The fraction of sp³-hybridized carbons (Fsp3) is 0.516. The highest BCUT2D eigenvalue weighted by Crippen LogP contribution is 2.22. The number of carbonyl (C=O) groups is 1. The molecule has 1 aliphatic rings. The molecule has 0 saturated heterocycles. The monoisotopic (exact) mass is 588 g/mol. The van der Waals surface area contributed by atoms with E-state index in [1.54, 1.807) is 11.8 Å². The van der Waals surface area contributed by atoms with Crippen LogP contribution >= 0.6 is 28.7 Å². The van der Waals surface area contributed by atoms with Crippen molar-refractivity contribution in [2.75, 3.05) is 17.8 Å². The summed E-state index contributed by atoms with van der Waals surface area (Å²) in [4.78, 5) is 15.2. The Balaban J connectivity index is 0.00000481. The van der Waals surface area contributed by atoms with Crippen molar-refractivity contribution in [2.45, 2.75) is 90.5 Å². The number of ether oxygens (including phenoxy) is 1. The highest BCUT2D eigenvalue weighted by atomic mass is 79.9. The van der Waals surface area contributed by atoms with Crippen molar-refractivity contribution in [3.63, 3.8) is 0 Å². The van der Waals surface area contributed by atoms with Gasteiger partial charge in [0.1, 0.15) is 5.75 Å². The lowest BCUT2D eigenvalue weighted by Gasteiger charge is -2.15. The average Bonchev–Trinajstić information content (AvgIpc) is 3.41. The Morgan fingerprint density at radius 1 is 0.865 bits per heavy atom. The van der Waals surface area contributed by atoms with Crippen molar-refractivity contribution in [3.05, 3.63) is 71.3 Å². The Bertz CT molecular complexity index is 920. The van der Waals surface area contributed by atoms with Gasteiger partial charge in [0.25, 0.3) is 5.91 Å². The summed E-state index contributed by atoms with van der Waals surface area (Å²) < 4.78 is 6.01. The molecule has 2 aromatic carbocycles. The van der Waals surface area contributed by atoms with Crippen molar-refractivity contribution in [1.82, 2.24) is 4.90 Å². The van der Waals surface area contributed by atoms with E-state index in [4.69, 9.17) is 4.74 Å². The minimum atomic E-state index is -0.132. The molecule has 4 nitrogen and oxygen atoms in total. The predicted molar refractivity (Wildman–Crippen MR) is 165 cm³/mol. The van der Waals surface area contributed by atoms with E-state index in [-0.39, 0.29) is 22.9 Å². The van der Waals surface area contributed by atoms with Crippen LogP contribution in [0.25, 0.3) is 0 Å². The molecule has 0 atom stereocenters. The van der Waals surface area contributed by atoms with Gasteiger partial charge in [-0.25, -0.2) is 0 Å². The first-order chi connectivity index (χ1) is 17.8. The van der Waals surface area contributed by atoms with Gasteiger partial charge >= 0.3 is 0 Å². The molecular formula is C31H45BrN2O2S. The molecule has 0 unspecified atom stereocenters. The molecule has 1 N–H and O–H groups in total. The van der Waals surface area contributed by atoms with Crippen molar-refractivity contribution in [3.8, 4) is 5.75 Å². The number of hydrogen-bond acceptors (Lipinski definition) is 4. The molecule has 37 heavy (non-hydrogen) atoms. The predicted octanol–water partition coefficient (Wildman–Crippen LogP) is 9.57. The number of hydrogen-bond donors (Lipinski definition) is 1. The van der Waals surface area contributed by atoms with E-state index < -0.39 is 0 Å². The van der Waals surface area contributed by atoms with Gasteiger partial charge in [-0.1, -0.05) is 102 Å². The smallest absolute Gasteiger partial charge is 0.259 e. The van der Waals surface area contributed by atoms with E-state index in [0.29, 0.717) is 17.9 Å². The van der Waals surface area contributed by atoms with Crippen LogP contribution in [0.5, 0.6) is 5.75 Å². The van der Waals surface area contributed by atoms with Gasteiger partial charge in [-0.3, -0.25) is 4.79 Å². The van der Waals surface area contributed by atoms with Gasteiger partial charge in [0, 0.05) is 18.4 Å². The zero-order valence-electron chi connectivity index (χ0n) is 22.5. The molecule has 0 radical (unpaired) electrons. The van der Waals surface area contributed by atoms with Crippen LogP contribution < -0.4 is 10.1 Å². The highest BCUT2D eigenvalue weighted by Gasteiger charge is 2.13. The summed E-state index contributed by atoms with van der Waals surface area (Å²) in [5.41, 5.74) is 2.61. The fourth-order valence-corrected chi connectivity index (χ4v) is 5.15. The van der Waals surface area contributed by atoms with E-state index >= 15 is 0 Å². The van der Waals surface area contributed by atoms with E-state index in [1.165, 1.54) is 76.2 Å². The SMILES string of the molecule is Br.CCCCCCCCCCCCCCOc1ccccc1C(=O)Nc1ccc(CN2C=CSC2)cc1. The second-order valence-electron chi connectivity index (χ2n) is 9.71. The largest absolute Gasteiger partial charge is 0.493 e. The van der Waals surface area contributed by atoms with Crippen LogP contribution in [0.4, 0.5) is 5.69 Å². The molecule has 0 aliphatic carbocycles. The normalized spacial score (nSPS) is 12.4. The van der Waals surface area contributed by atoms with Crippen LogP contribution in [0.1, 0.15) is 99.9 Å². The Morgan fingerprint density at radius 2 is 1.49 bits per heavy atom. The summed E-state index contributed by atoms with van der Waals surface area (Å²) in [6.45, 7) is 3.81. The number of unbranched alkanes of at least 4 members (excludes halogenated alkanes) is 11. The van der Waals surface area contributed by atoms with Gasteiger partial charge in [-0.15, -0.1) is 28.7 Å². The third kappa shape index (κ3) is 12.4. The molecule has 0 spiro atoms. The number of benzene rings is 2. The molecule has 3 rings (SSSR count). The van der Waals surface area contributed by atoms with E-state index in [1.807, 2.05) is 36.4 Å². The minimum Gasteiger partial charge on any atom is -0.493 e. The number of thioether (sulfide) groups is 1. The Kier molecular flexibility index (Phi) is 16.2. The van der Waals surface area contributed by atoms with Crippen LogP contribution in [0.3, 0.4) is 0 Å². The minimum absolute atomic E-state index is 0. The zero-order valence-corrected chi connectivity index (χ0v) is 25.0. The number of nitrogens with one attached hydrogen (secondary N) is 1. The number of anilines is 1. The van der Waals surface area contributed by atoms with Crippen LogP contribution in [-0.4, -0.2) is 23.3 Å². The van der Waals surface area contributed by atoms with Crippen LogP contribution in [0, 0.1) is 0 Å². The summed E-state index contributed by atoms with van der Waals surface area (Å²) in [6, 6.07) is 15.6. The standard InChI is InChI=1S/C31H44N2O2S.BrH/c1-2-3-4-5-6-7-8-9-10-11-12-15-23-35-30-17-14-13-16-29(30)31(34)32-28-20-18-27(19-21-28)25-33-22-24-36-26-33;/h13-14,16-22,24H,2-12,15,23,25-26H2,1H3,(H,32,34);1H. The number of halogens is 1. The molecule has 0 saturated carbocycles. The Morgan fingerprint density at radius 3 is 2.11 bits per heavy atom. The maximum atomic E-state index is 12.9. The molecule has 0 aromatic heterocycles. The molecule has 1 aliphatic heterocycles. The number of nitrogens with zero attached hydrogens (tertiary/aromatic N) is 1. The van der Waals surface area contributed by atoms with Gasteiger partial charge in [-0.05, 0) is 41.7 Å². The molecule has 0 fully saturated rings. The van der Waals surface area contributed by atoms with Crippen molar-refractivity contribution in [2.24, 2.45) is 0 Å². The van der Waals surface area contributed by atoms with Gasteiger partial charge in [0.2, 0.25) is 0 Å². The molecule has 2 aromatic rings. The lowest BCUT2D eigenvalue weighted by molar-refractivity contribution is 0.102. The fourth-order valence-electron chi connectivity index (χ4n) is 4.44. The first-order valence-electron chi connectivity index (χ1n) is 13.9. The second-order valence-corrected chi connectivity index (χ2v) is 10.6. The number of carbonyl (C=O) groups excluding carboxylic acids is 1. The lowest BCUT2D eigenvalue weighted by atomic mass is 10.1. The van der Waals surface area contributed by atoms with Gasteiger partial charge in [0.05, 0.1) is 18.0 Å². The first-order valence-corrected chi connectivity index (χ1v) is 15.0. The average molecular weight is 590 g/mol. The topological polar surface area (TPSA) is 41.6 Å². The van der Waals surface area contributed by atoms with Crippen molar-refractivity contribution < 1.29 is 9.53 Å². The summed E-state index contributed by atoms with van der Waals surface area (Å²) in [7, 11) is 0. The lowest BCUT2D eigenvalue weighted by Crippen LogP contribution is -2.14. The Hall–Kier alpha value is -1.92. The van der Waals surface area contributed by atoms with Gasteiger partial charge in [0.15, 0.2) is 0 Å². The van der Waals surface area contributed by atoms with E-state index in [9.17, 15) is 4.79 Å². The van der Waals surface area contributed by atoms with Crippen LogP contribution in [0.15, 0.2) is 60.1 Å². The third-order valence-electron chi connectivity index (χ3n) is 6.59. The van der Waals surface area contributed by atoms with Crippen LogP contribution in [0.2, 0.25) is 0 Å². The molecule has 1 amide bonds. The maximum Gasteiger partial charge on any atom is 0.259 e. The quantitative estimate of drug-likeness (QED) is 0.176. The van der Waals surface area contributed by atoms with E-state index in [2.05, 4.69) is 40.9 Å². The molecule has 204 valence electrons. The number of para-hydroxylation sites is 1. The van der Waals surface area contributed by atoms with Gasteiger partial charge < -0.3 is 15.0 Å². The van der Waals surface area contributed by atoms with Crippen LogP contribution in [-0.2, 0) is 6.54 Å². The summed E-state index contributed by atoms with van der Waals surface area (Å²) in [6.07, 6.45) is 18.0. The molecule has 6 heteroatoms. The van der Waals surface area contributed by atoms with E-state index in [0.717, 1.165) is 24.5 Å². The van der Waals surface area contributed by atoms with Gasteiger partial charge in [-0.2, -0.15) is 0 Å². The molecular weight excluding hydrogens is 544 g/mol. The molecule has 1 heterocycles. The summed E-state index contributed by atoms with van der Waals surface area (Å²) >= 11 is 1.80. The maximum absolute atomic E-state index is 12.9.